The number of rotatable bonds is 3. The maximum Gasteiger partial charge on any atom is 0.258 e. The highest BCUT2D eigenvalue weighted by Gasteiger charge is 2.22. The van der Waals surface area contributed by atoms with Crippen LogP contribution < -0.4 is 10.1 Å². The van der Waals surface area contributed by atoms with Crippen molar-refractivity contribution < 1.29 is 9.26 Å². The van der Waals surface area contributed by atoms with E-state index in [2.05, 4.69) is 15.5 Å². The van der Waals surface area contributed by atoms with E-state index in [0.717, 1.165) is 42.1 Å². The summed E-state index contributed by atoms with van der Waals surface area (Å²) in [4.78, 5) is 4.50. The van der Waals surface area contributed by atoms with E-state index in [-0.39, 0.29) is 6.04 Å². The van der Waals surface area contributed by atoms with Crippen molar-refractivity contribution in [3.05, 3.63) is 29.6 Å². The molecule has 1 aliphatic rings. The molecule has 1 aromatic heterocycles. The third kappa shape index (κ3) is 2.33. The van der Waals surface area contributed by atoms with Crippen molar-refractivity contribution in [2.45, 2.75) is 25.8 Å². The minimum atomic E-state index is 0.225. The first-order valence-corrected chi connectivity index (χ1v) is 6.50. The molecule has 0 spiro atoms. The minimum absolute atomic E-state index is 0.225. The van der Waals surface area contributed by atoms with Crippen LogP contribution in [0.4, 0.5) is 0 Å². The van der Waals surface area contributed by atoms with Crippen molar-refractivity contribution in [1.82, 2.24) is 15.5 Å². The van der Waals surface area contributed by atoms with E-state index in [4.69, 9.17) is 9.26 Å². The van der Waals surface area contributed by atoms with E-state index in [1.165, 1.54) is 0 Å². The zero-order valence-corrected chi connectivity index (χ0v) is 11.1. The van der Waals surface area contributed by atoms with Gasteiger partial charge in [0.05, 0.1) is 13.2 Å². The van der Waals surface area contributed by atoms with Gasteiger partial charge in [-0.25, -0.2) is 0 Å². The number of hydrogen-bond donors (Lipinski definition) is 1. The van der Waals surface area contributed by atoms with Crippen LogP contribution in [-0.4, -0.2) is 23.8 Å². The van der Waals surface area contributed by atoms with Gasteiger partial charge in [0.1, 0.15) is 5.75 Å². The van der Waals surface area contributed by atoms with Crippen LogP contribution in [0, 0.1) is 6.92 Å². The van der Waals surface area contributed by atoms with Gasteiger partial charge in [-0.2, -0.15) is 4.98 Å². The quantitative estimate of drug-likeness (QED) is 0.917. The van der Waals surface area contributed by atoms with Crippen LogP contribution in [0.2, 0.25) is 0 Å². The molecule has 19 heavy (non-hydrogen) atoms. The highest BCUT2D eigenvalue weighted by molar-refractivity contribution is 5.60. The molecule has 3 rings (SSSR count). The first kappa shape index (κ1) is 12.2. The fourth-order valence-corrected chi connectivity index (χ4v) is 2.35. The van der Waals surface area contributed by atoms with E-state index >= 15 is 0 Å². The van der Waals surface area contributed by atoms with Gasteiger partial charge in [0.15, 0.2) is 5.82 Å². The molecule has 0 saturated carbocycles. The Labute approximate surface area is 112 Å². The highest BCUT2D eigenvalue weighted by atomic mass is 16.5. The van der Waals surface area contributed by atoms with E-state index in [0.29, 0.717) is 5.89 Å². The van der Waals surface area contributed by atoms with E-state index in [1.54, 1.807) is 7.11 Å². The zero-order valence-electron chi connectivity index (χ0n) is 11.1. The molecule has 5 nitrogen and oxygen atoms in total. The van der Waals surface area contributed by atoms with Crippen molar-refractivity contribution in [3.8, 4) is 17.2 Å². The fraction of sp³-hybridized carbons (Fsp3) is 0.429. The summed E-state index contributed by atoms with van der Waals surface area (Å²) in [7, 11) is 1.65. The topological polar surface area (TPSA) is 60.2 Å². The molecule has 1 N–H and O–H groups in total. The Balaban J connectivity index is 1.93. The molecule has 2 heterocycles. The molecule has 1 fully saturated rings. The molecular weight excluding hydrogens is 242 g/mol. The lowest BCUT2D eigenvalue weighted by atomic mass is 10.1. The van der Waals surface area contributed by atoms with Gasteiger partial charge in [0.2, 0.25) is 0 Å². The van der Waals surface area contributed by atoms with Gasteiger partial charge in [-0.1, -0.05) is 11.2 Å². The van der Waals surface area contributed by atoms with Gasteiger partial charge >= 0.3 is 0 Å². The molecule has 0 radical (unpaired) electrons. The van der Waals surface area contributed by atoms with E-state index in [1.807, 2.05) is 25.1 Å². The Bertz CT molecular complexity index is 574. The van der Waals surface area contributed by atoms with Crippen LogP contribution in [0.25, 0.3) is 11.5 Å². The number of nitrogens with one attached hydrogen (secondary N) is 1. The predicted molar refractivity (Wildman–Crippen MR) is 71.0 cm³/mol. The van der Waals surface area contributed by atoms with Crippen LogP contribution in [0.15, 0.2) is 22.7 Å². The SMILES string of the molecule is COc1ccc(C)c(-c2nc([C@@H]3CCCN3)no2)c1. The lowest BCUT2D eigenvalue weighted by Crippen LogP contribution is -2.14. The molecule has 0 amide bonds. The first-order chi connectivity index (χ1) is 9.28. The normalized spacial score (nSPS) is 18.7. The Kier molecular flexibility index (Phi) is 3.21. The Morgan fingerprint density at radius 3 is 3.05 bits per heavy atom. The fourth-order valence-electron chi connectivity index (χ4n) is 2.35. The average Bonchev–Trinajstić information content (AvgIpc) is 3.10. The van der Waals surface area contributed by atoms with Crippen LogP contribution in [0.3, 0.4) is 0 Å². The van der Waals surface area contributed by atoms with Gasteiger partial charge in [0, 0.05) is 5.56 Å². The van der Waals surface area contributed by atoms with Crippen molar-refractivity contribution in [1.29, 1.82) is 0 Å². The summed E-state index contributed by atoms with van der Waals surface area (Å²) in [6.07, 6.45) is 2.22. The Morgan fingerprint density at radius 1 is 1.42 bits per heavy atom. The molecule has 2 aromatic rings. The number of benzene rings is 1. The number of ether oxygens (including phenoxy) is 1. The first-order valence-electron chi connectivity index (χ1n) is 6.50. The van der Waals surface area contributed by atoms with Crippen molar-refractivity contribution in [3.63, 3.8) is 0 Å². The third-order valence-electron chi connectivity index (χ3n) is 3.49. The van der Waals surface area contributed by atoms with Gasteiger partial charge in [-0.3, -0.25) is 0 Å². The number of nitrogens with zero attached hydrogens (tertiary/aromatic N) is 2. The second-order valence-corrected chi connectivity index (χ2v) is 4.79. The molecule has 1 aromatic carbocycles. The molecule has 5 heteroatoms. The molecule has 1 saturated heterocycles. The standard InChI is InChI=1S/C14H17N3O2/c1-9-5-6-10(18-2)8-11(9)14-16-13(17-19-14)12-4-3-7-15-12/h5-6,8,12,15H,3-4,7H2,1-2H3/t12-/m0/s1. The van der Waals surface area contributed by atoms with Gasteiger partial charge in [0.25, 0.3) is 5.89 Å². The largest absolute Gasteiger partial charge is 0.497 e. The molecule has 0 aliphatic carbocycles. The Morgan fingerprint density at radius 2 is 2.32 bits per heavy atom. The average molecular weight is 259 g/mol. The number of hydrogen-bond acceptors (Lipinski definition) is 5. The highest BCUT2D eigenvalue weighted by Crippen LogP contribution is 2.28. The Hall–Kier alpha value is -1.88. The second kappa shape index (κ2) is 5.01. The van der Waals surface area contributed by atoms with Gasteiger partial charge in [-0.15, -0.1) is 0 Å². The molecule has 100 valence electrons. The lowest BCUT2D eigenvalue weighted by Gasteiger charge is -2.04. The number of aryl methyl sites for hydroxylation is 1. The molecule has 1 aliphatic heterocycles. The second-order valence-electron chi connectivity index (χ2n) is 4.79. The predicted octanol–water partition coefficient (Wildman–Crippen LogP) is 2.48. The molecular formula is C14H17N3O2. The van der Waals surface area contributed by atoms with Crippen LogP contribution in [0.5, 0.6) is 5.75 Å². The summed E-state index contributed by atoms with van der Waals surface area (Å²) < 4.78 is 10.6. The van der Waals surface area contributed by atoms with Gasteiger partial charge in [-0.05, 0) is 44.0 Å². The minimum Gasteiger partial charge on any atom is -0.497 e. The smallest absolute Gasteiger partial charge is 0.258 e. The summed E-state index contributed by atoms with van der Waals surface area (Å²) in [5.74, 6) is 2.09. The van der Waals surface area contributed by atoms with Crippen LogP contribution >= 0.6 is 0 Å². The number of methoxy groups -OCH3 is 1. The summed E-state index contributed by atoms with van der Waals surface area (Å²) in [5.41, 5.74) is 2.02. The molecule has 0 unspecified atom stereocenters. The van der Waals surface area contributed by atoms with Crippen LogP contribution in [-0.2, 0) is 0 Å². The van der Waals surface area contributed by atoms with Crippen molar-refractivity contribution in [2.75, 3.05) is 13.7 Å². The van der Waals surface area contributed by atoms with Crippen molar-refractivity contribution in [2.24, 2.45) is 0 Å². The van der Waals surface area contributed by atoms with Gasteiger partial charge < -0.3 is 14.6 Å². The zero-order chi connectivity index (χ0) is 13.2. The maximum atomic E-state index is 5.39. The molecule has 0 bridgehead atoms. The van der Waals surface area contributed by atoms with Crippen molar-refractivity contribution >= 4 is 0 Å². The van der Waals surface area contributed by atoms with E-state index in [9.17, 15) is 0 Å². The molecule has 1 atom stereocenters. The lowest BCUT2D eigenvalue weighted by molar-refractivity contribution is 0.408. The summed E-state index contributed by atoms with van der Waals surface area (Å²) in [6.45, 7) is 3.04. The van der Waals surface area contributed by atoms with E-state index < -0.39 is 0 Å². The monoisotopic (exact) mass is 259 g/mol. The summed E-state index contributed by atoms with van der Waals surface area (Å²) in [5, 5.41) is 7.45. The summed E-state index contributed by atoms with van der Waals surface area (Å²) >= 11 is 0. The third-order valence-corrected chi connectivity index (χ3v) is 3.49. The maximum absolute atomic E-state index is 5.39. The summed E-state index contributed by atoms with van der Waals surface area (Å²) in [6, 6.07) is 6.07. The van der Waals surface area contributed by atoms with Crippen LogP contribution in [0.1, 0.15) is 30.3 Å². The number of aromatic nitrogens is 2.